The molecule has 0 bridgehead atoms. The summed E-state index contributed by atoms with van der Waals surface area (Å²) in [4.78, 5) is 19.3. The number of ether oxygens (including phenoxy) is 1. The first-order chi connectivity index (χ1) is 14.2. The largest absolute Gasteiger partial charge is 0.485 e. The van der Waals surface area contributed by atoms with Crippen molar-refractivity contribution in [2.24, 2.45) is 0 Å². The Hall–Kier alpha value is -2.02. The lowest BCUT2D eigenvalue weighted by molar-refractivity contribution is 0.218. The number of likely N-dealkylation sites (tertiary alicyclic amines) is 1. The highest BCUT2D eigenvalue weighted by molar-refractivity contribution is 6.30. The number of hydrogen-bond acceptors (Lipinski definition) is 6. The molecule has 0 unspecified atom stereocenters. The summed E-state index contributed by atoms with van der Waals surface area (Å²) in [6.07, 6.45) is 3.97. The second-order valence-electron chi connectivity index (χ2n) is 7.72. The van der Waals surface area contributed by atoms with Crippen molar-refractivity contribution in [3.8, 4) is 5.75 Å². The van der Waals surface area contributed by atoms with Gasteiger partial charge in [-0.1, -0.05) is 17.7 Å². The topological polar surface area (TPSA) is 49.2 Å². The van der Waals surface area contributed by atoms with Gasteiger partial charge in [-0.3, -0.25) is 14.6 Å². The normalized spacial score (nSPS) is 18.3. The Kier molecular flexibility index (Phi) is 6.74. The van der Waals surface area contributed by atoms with Gasteiger partial charge in [0, 0.05) is 49.5 Å². The van der Waals surface area contributed by atoms with Crippen LogP contribution in [0.2, 0.25) is 5.02 Å². The molecule has 0 spiro atoms. The van der Waals surface area contributed by atoms with E-state index in [1.54, 1.807) is 6.07 Å². The van der Waals surface area contributed by atoms with Gasteiger partial charge in [0.2, 0.25) is 11.2 Å². The molecule has 0 atom stereocenters. The minimum absolute atomic E-state index is 0.106. The fourth-order valence-corrected chi connectivity index (χ4v) is 4.16. The number of benzene rings is 1. The van der Waals surface area contributed by atoms with Crippen molar-refractivity contribution in [1.29, 1.82) is 0 Å². The molecular weight excluding hydrogens is 390 g/mol. The Morgan fingerprint density at radius 3 is 2.52 bits per heavy atom. The summed E-state index contributed by atoms with van der Waals surface area (Å²) >= 11 is 6.10. The van der Waals surface area contributed by atoms with Crippen molar-refractivity contribution >= 4 is 17.3 Å². The maximum absolute atomic E-state index is 12.3. The number of rotatable bonds is 7. The maximum atomic E-state index is 12.3. The zero-order chi connectivity index (χ0) is 20.1. The van der Waals surface area contributed by atoms with E-state index in [-0.39, 0.29) is 5.43 Å². The van der Waals surface area contributed by atoms with Gasteiger partial charge >= 0.3 is 0 Å². The van der Waals surface area contributed by atoms with E-state index in [4.69, 9.17) is 20.8 Å². The van der Waals surface area contributed by atoms with Gasteiger partial charge in [-0.25, -0.2) is 0 Å². The Morgan fingerprint density at radius 2 is 1.79 bits per heavy atom. The van der Waals surface area contributed by atoms with Crippen LogP contribution in [0.5, 0.6) is 5.75 Å². The zero-order valence-corrected chi connectivity index (χ0v) is 17.4. The van der Waals surface area contributed by atoms with Gasteiger partial charge in [0.05, 0.1) is 6.54 Å². The van der Waals surface area contributed by atoms with Crippen molar-refractivity contribution in [2.45, 2.75) is 19.4 Å². The van der Waals surface area contributed by atoms with Crippen molar-refractivity contribution in [1.82, 2.24) is 9.80 Å². The van der Waals surface area contributed by atoms with E-state index < -0.39 is 0 Å². The predicted molar refractivity (Wildman–Crippen MR) is 115 cm³/mol. The van der Waals surface area contributed by atoms with Gasteiger partial charge in [-0.05, 0) is 44.1 Å². The van der Waals surface area contributed by atoms with Gasteiger partial charge < -0.3 is 14.1 Å². The minimum atomic E-state index is -0.106. The Balaban J connectivity index is 1.25. The molecule has 0 radical (unpaired) electrons. The van der Waals surface area contributed by atoms with E-state index in [0.717, 1.165) is 56.5 Å². The lowest BCUT2D eigenvalue weighted by Gasteiger charge is -2.35. The average molecular weight is 418 g/mol. The van der Waals surface area contributed by atoms with Crippen molar-refractivity contribution in [2.75, 3.05) is 57.3 Å². The molecule has 0 N–H and O–H groups in total. The van der Waals surface area contributed by atoms with Crippen LogP contribution < -0.4 is 15.1 Å². The lowest BCUT2D eigenvalue weighted by atomic mass is 10.2. The first-order valence-corrected chi connectivity index (χ1v) is 10.7. The predicted octanol–water partition coefficient (Wildman–Crippen LogP) is 3.09. The number of anilines is 1. The maximum Gasteiger partial charge on any atom is 0.227 e. The fourth-order valence-electron chi connectivity index (χ4n) is 3.98. The molecule has 7 heteroatoms. The highest BCUT2D eigenvalue weighted by Gasteiger charge is 2.19. The van der Waals surface area contributed by atoms with Crippen LogP contribution in [-0.4, -0.2) is 62.2 Å². The van der Waals surface area contributed by atoms with E-state index in [0.29, 0.717) is 24.7 Å². The van der Waals surface area contributed by atoms with E-state index in [2.05, 4.69) is 20.8 Å². The molecule has 29 heavy (non-hydrogen) atoms. The summed E-state index contributed by atoms with van der Waals surface area (Å²) in [5.74, 6) is 0.983. The van der Waals surface area contributed by atoms with Gasteiger partial charge in [-0.2, -0.15) is 0 Å². The highest BCUT2D eigenvalue weighted by atomic mass is 35.5. The van der Waals surface area contributed by atoms with E-state index in [1.165, 1.54) is 19.1 Å². The van der Waals surface area contributed by atoms with E-state index >= 15 is 0 Å². The Morgan fingerprint density at radius 1 is 1.00 bits per heavy atom. The van der Waals surface area contributed by atoms with Gasteiger partial charge in [0.25, 0.3) is 0 Å². The number of halogens is 1. The molecule has 2 aliphatic rings. The van der Waals surface area contributed by atoms with Crippen LogP contribution in [-0.2, 0) is 6.54 Å². The summed E-state index contributed by atoms with van der Waals surface area (Å²) in [6.45, 7) is 7.92. The smallest absolute Gasteiger partial charge is 0.227 e. The second kappa shape index (κ2) is 9.65. The minimum Gasteiger partial charge on any atom is -0.485 e. The van der Waals surface area contributed by atoms with E-state index in [9.17, 15) is 4.79 Å². The van der Waals surface area contributed by atoms with Crippen LogP contribution in [0.4, 0.5) is 5.69 Å². The second-order valence-corrected chi connectivity index (χ2v) is 8.15. The summed E-state index contributed by atoms with van der Waals surface area (Å²) < 4.78 is 11.3. The fraction of sp³-hybridized carbons (Fsp3) is 0.500. The molecular formula is C22H28ClN3O3. The monoisotopic (exact) mass is 417 g/mol. The summed E-state index contributed by atoms with van der Waals surface area (Å²) in [5, 5.41) is 0.759. The molecule has 156 valence electrons. The average Bonchev–Trinajstić information content (AvgIpc) is 3.24. The standard InChI is InChI=1S/C22H28ClN3O3/c23-18-4-3-5-19(14-18)26-10-8-25(9-11-26)16-20-15-21(27)22(17-29-20)28-13-12-24-6-1-2-7-24/h3-5,14-15,17H,1-2,6-13,16H2. The Labute approximate surface area is 176 Å². The molecule has 0 saturated carbocycles. The molecule has 4 rings (SSSR count). The first kappa shape index (κ1) is 20.3. The molecule has 6 nitrogen and oxygen atoms in total. The molecule has 0 amide bonds. The third-order valence-corrected chi connectivity index (χ3v) is 5.88. The van der Waals surface area contributed by atoms with Crippen molar-refractivity contribution < 1.29 is 9.15 Å². The molecule has 1 aromatic heterocycles. The van der Waals surface area contributed by atoms with E-state index in [1.807, 2.05) is 18.2 Å². The number of hydrogen-bond donors (Lipinski definition) is 0. The van der Waals surface area contributed by atoms with Crippen molar-refractivity contribution in [3.05, 3.63) is 57.6 Å². The molecule has 2 saturated heterocycles. The van der Waals surface area contributed by atoms with Crippen LogP contribution >= 0.6 is 11.6 Å². The van der Waals surface area contributed by atoms with Crippen LogP contribution in [0.1, 0.15) is 18.6 Å². The molecule has 3 heterocycles. The van der Waals surface area contributed by atoms with Crippen molar-refractivity contribution in [3.63, 3.8) is 0 Å². The lowest BCUT2D eigenvalue weighted by Crippen LogP contribution is -2.46. The van der Waals surface area contributed by atoms with Crippen LogP contribution in [0.25, 0.3) is 0 Å². The number of piperazine rings is 1. The molecule has 2 aliphatic heterocycles. The molecule has 1 aromatic carbocycles. The quantitative estimate of drug-likeness (QED) is 0.690. The summed E-state index contributed by atoms with van der Waals surface area (Å²) in [5.41, 5.74) is 1.05. The summed E-state index contributed by atoms with van der Waals surface area (Å²) in [6, 6.07) is 9.52. The molecule has 0 aliphatic carbocycles. The van der Waals surface area contributed by atoms with Gasteiger partial charge in [0.15, 0.2) is 0 Å². The third-order valence-electron chi connectivity index (χ3n) is 5.64. The highest BCUT2D eigenvalue weighted by Crippen LogP contribution is 2.21. The number of nitrogens with zero attached hydrogens (tertiary/aromatic N) is 3. The summed E-state index contributed by atoms with van der Waals surface area (Å²) in [7, 11) is 0. The Bertz CT molecular complexity index is 858. The van der Waals surface area contributed by atoms with Crippen LogP contribution in [0, 0.1) is 0 Å². The first-order valence-electron chi connectivity index (χ1n) is 10.4. The third kappa shape index (κ3) is 5.53. The molecule has 2 aromatic rings. The van der Waals surface area contributed by atoms with Gasteiger partial charge in [0.1, 0.15) is 18.6 Å². The van der Waals surface area contributed by atoms with Crippen LogP contribution in [0.15, 0.2) is 45.8 Å². The zero-order valence-electron chi connectivity index (χ0n) is 16.7. The SMILES string of the molecule is O=c1cc(CN2CCN(c3cccc(Cl)c3)CC2)occ1OCCN1CCCC1. The molecule has 2 fully saturated rings. The van der Waals surface area contributed by atoms with Gasteiger partial charge in [-0.15, -0.1) is 0 Å². The van der Waals surface area contributed by atoms with Crippen LogP contribution in [0.3, 0.4) is 0 Å².